The fourth-order valence-electron chi connectivity index (χ4n) is 1.26. The third-order valence-corrected chi connectivity index (χ3v) is 4.10. The van der Waals surface area contributed by atoms with E-state index in [9.17, 15) is 21.6 Å². The summed E-state index contributed by atoms with van der Waals surface area (Å²) < 4.78 is 59.8. The maximum Gasteiger partial charge on any atom is 0.433 e. The molecule has 0 amide bonds. The van der Waals surface area contributed by atoms with Crippen LogP contribution in [0.2, 0.25) is 0 Å². The first kappa shape index (κ1) is 15.5. The molecule has 0 bridgehead atoms. The Morgan fingerprint density at radius 2 is 2.05 bits per heavy atom. The van der Waals surface area contributed by atoms with Crippen LogP contribution in [0.5, 0.6) is 0 Å². The highest BCUT2D eigenvalue weighted by atomic mass is 32.2. The Hall–Kier alpha value is -1.51. The standard InChI is InChI=1S/C10H14F3N3O2S/c1-2-19(17,18)4-3-15-8-5-9(10(11,12)13)16-6-7(8)14/h5-6H,2-4,14H2,1H3,(H,15,16). The molecule has 1 rings (SSSR count). The number of nitrogen functional groups attached to an aromatic ring is 1. The average Bonchev–Trinajstić information content (AvgIpc) is 2.30. The molecule has 5 nitrogen and oxygen atoms in total. The van der Waals surface area contributed by atoms with Gasteiger partial charge in [0.2, 0.25) is 0 Å². The Labute approximate surface area is 108 Å². The molecular weight excluding hydrogens is 283 g/mol. The van der Waals surface area contributed by atoms with Crippen molar-refractivity contribution in [2.45, 2.75) is 13.1 Å². The second kappa shape index (κ2) is 5.64. The first-order chi connectivity index (χ1) is 8.65. The molecule has 0 aliphatic rings. The van der Waals surface area contributed by atoms with Crippen molar-refractivity contribution in [1.29, 1.82) is 0 Å². The summed E-state index contributed by atoms with van der Waals surface area (Å²) in [6.45, 7) is 1.49. The van der Waals surface area contributed by atoms with Gasteiger partial charge in [0.1, 0.15) is 5.69 Å². The Kier molecular flexibility index (Phi) is 4.61. The van der Waals surface area contributed by atoms with Gasteiger partial charge in [-0.15, -0.1) is 0 Å². The van der Waals surface area contributed by atoms with Crippen molar-refractivity contribution in [3.63, 3.8) is 0 Å². The van der Waals surface area contributed by atoms with Crippen molar-refractivity contribution < 1.29 is 21.6 Å². The Morgan fingerprint density at radius 1 is 1.42 bits per heavy atom. The second-order valence-electron chi connectivity index (χ2n) is 3.82. The number of alkyl halides is 3. The van der Waals surface area contributed by atoms with E-state index >= 15 is 0 Å². The monoisotopic (exact) mass is 297 g/mol. The van der Waals surface area contributed by atoms with Gasteiger partial charge in [-0.1, -0.05) is 6.92 Å². The van der Waals surface area contributed by atoms with Crippen LogP contribution in [-0.4, -0.2) is 31.5 Å². The van der Waals surface area contributed by atoms with Crippen LogP contribution in [0.4, 0.5) is 24.5 Å². The molecule has 0 atom stereocenters. The minimum Gasteiger partial charge on any atom is -0.396 e. The predicted molar refractivity (Wildman–Crippen MR) is 66.5 cm³/mol. The minimum absolute atomic E-state index is 0.0122. The number of anilines is 2. The molecule has 0 aliphatic carbocycles. The average molecular weight is 297 g/mol. The zero-order chi connectivity index (χ0) is 14.7. The van der Waals surface area contributed by atoms with E-state index in [1.807, 2.05) is 0 Å². The predicted octanol–water partition coefficient (Wildman–Crippen LogP) is 1.53. The summed E-state index contributed by atoms with van der Waals surface area (Å²) in [6, 6.07) is 0.758. The number of nitrogens with two attached hydrogens (primary N) is 1. The van der Waals surface area contributed by atoms with Gasteiger partial charge in [0.15, 0.2) is 9.84 Å². The van der Waals surface area contributed by atoms with E-state index in [2.05, 4.69) is 10.3 Å². The molecule has 0 saturated heterocycles. The Bertz CT molecular complexity index is 543. The van der Waals surface area contributed by atoms with Gasteiger partial charge < -0.3 is 11.1 Å². The molecule has 0 aliphatic heterocycles. The lowest BCUT2D eigenvalue weighted by molar-refractivity contribution is -0.141. The Morgan fingerprint density at radius 3 is 2.58 bits per heavy atom. The number of pyridine rings is 1. The summed E-state index contributed by atoms with van der Waals surface area (Å²) in [5.74, 6) is -0.194. The lowest BCUT2D eigenvalue weighted by Crippen LogP contribution is -2.18. The lowest BCUT2D eigenvalue weighted by Gasteiger charge is -2.12. The fourth-order valence-corrected chi connectivity index (χ4v) is 1.96. The zero-order valence-electron chi connectivity index (χ0n) is 10.2. The van der Waals surface area contributed by atoms with Gasteiger partial charge in [-0.05, 0) is 6.07 Å². The van der Waals surface area contributed by atoms with Crippen molar-refractivity contribution >= 4 is 21.2 Å². The van der Waals surface area contributed by atoms with Crippen LogP contribution < -0.4 is 11.1 Å². The molecule has 0 aromatic carbocycles. The van der Waals surface area contributed by atoms with E-state index in [1.165, 1.54) is 6.92 Å². The molecule has 9 heteroatoms. The molecule has 0 unspecified atom stereocenters. The van der Waals surface area contributed by atoms with Gasteiger partial charge in [-0.3, -0.25) is 0 Å². The highest BCUT2D eigenvalue weighted by Crippen LogP contribution is 2.30. The number of sulfone groups is 1. The van der Waals surface area contributed by atoms with Crippen molar-refractivity contribution in [3.8, 4) is 0 Å². The highest BCUT2D eigenvalue weighted by Gasteiger charge is 2.32. The van der Waals surface area contributed by atoms with E-state index in [0.29, 0.717) is 0 Å². The van der Waals surface area contributed by atoms with E-state index in [-0.39, 0.29) is 29.4 Å². The van der Waals surface area contributed by atoms with Crippen molar-refractivity contribution in [1.82, 2.24) is 4.98 Å². The molecular formula is C10H14F3N3O2S. The third kappa shape index (κ3) is 4.58. The van der Waals surface area contributed by atoms with Crippen molar-refractivity contribution in [2.75, 3.05) is 29.1 Å². The SMILES string of the molecule is CCS(=O)(=O)CCNc1cc(C(F)(F)F)ncc1N. The summed E-state index contributed by atoms with van der Waals surface area (Å²) in [5.41, 5.74) is 4.44. The van der Waals surface area contributed by atoms with Crippen LogP contribution >= 0.6 is 0 Å². The molecule has 0 fully saturated rings. The Balaban J connectivity index is 2.79. The molecule has 19 heavy (non-hydrogen) atoms. The number of hydrogen-bond acceptors (Lipinski definition) is 5. The second-order valence-corrected chi connectivity index (χ2v) is 6.29. The molecule has 1 heterocycles. The molecule has 3 N–H and O–H groups in total. The smallest absolute Gasteiger partial charge is 0.396 e. The number of hydrogen-bond donors (Lipinski definition) is 2. The molecule has 108 valence electrons. The van der Waals surface area contributed by atoms with E-state index in [1.54, 1.807) is 0 Å². The van der Waals surface area contributed by atoms with Gasteiger partial charge in [-0.2, -0.15) is 13.2 Å². The number of rotatable bonds is 5. The van der Waals surface area contributed by atoms with Crippen LogP contribution in [0.25, 0.3) is 0 Å². The maximum atomic E-state index is 12.4. The quantitative estimate of drug-likeness (QED) is 0.861. The lowest BCUT2D eigenvalue weighted by atomic mass is 10.2. The topological polar surface area (TPSA) is 85.1 Å². The van der Waals surface area contributed by atoms with Crippen molar-refractivity contribution in [2.24, 2.45) is 0 Å². The largest absolute Gasteiger partial charge is 0.433 e. The van der Waals surface area contributed by atoms with Crippen LogP contribution in [0.3, 0.4) is 0 Å². The summed E-state index contributed by atoms with van der Waals surface area (Å²) >= 11 is 0. The molecule has 0 radical (unpaired) electrons. The zero-order valence-corrected chi connectivity index (χ0v) is 11.0. The first-order valence-electron chi connectivity index (χ1n) is 5.42. The van der Waals surface area contributed by atoms with E-state index < -0.39 is 21.7 Å². The number of nitrogens with one attached hydrogen (secondary N) is 1. The summed E-state index contributed by atoms with van der Waals surface area (Å²) in [6.07, 6.45) is -3.68. The summed E-state index contributed by atoms with van der Waals surface area (Å²) in [4.78, 5) is 3.17. The molecule has 0 saturated carbocycles. The third-order valence-electron chi connectivity index (χ3n) is 2.39. The van der Waals surface area contributed by atoms with E-state index in [4.69, 9.17) is 5.73 Å². The highest BCUT2D eigenvalue weighted by molar-refractivity contribution is 7.91. The van der Waals surface area contributed by atoms with Gasteiger partial charge in [0.05, 0.1) is 23.3 Å². The molecule has 0 spiro atoms. The molecule has 1 aromatic rings. The first-order valence-corrected chi connectivity index (χ1v) is 7.25. The fraction of sp³-hybridized carbons (Fsp3) is 0.500. The normalized spacial score (nSPS) is 12.4. The number of aromatic nitrogens is 1. The maximum absolute atomic E-state index is 12.4. The van der Waals surface area contributed by atoms with Crippen LogP contribution in [-0.2, 0) is 16.0 Å². The van der Waals surface area contributed by atoms with Gasteiger partial charge in [-0.25, -0.2) is 13.4 Å². The van der Waals surface area contributed by atoms with Gasteiger partial charge in [0.25, 0.3) is 0 Å². The van der Waals surface area contributed by atoms with Crippen LogP contribution in [0, 0.1) is 0 Å². The van der Waals surface area contributed by atoms with Crippen molar-refractivity contribution in [3.05, 3.63) is 18.0 Å². The van der Waals surface area contributed by atoms with Crippen LogP contribution in [0.1, 0.15) is 12.6 Å². The minimum atomic E-state index is -4.57. The number of nitrogens with zero attached hydrogens (tertiary/aromatic N) is 1. The summed E-state index contributed by atoms with van der Waals surface area (Å²) in [5, 5.41) is 2.57. The molecule has 1 aromatic heterocycles. The number of halogens is 3. The van der Waals surface area contributed by atoms with Gasteiger partial charge in [0, 0.05) is 12.3 Å². The van der Waals surface area contributed by atoms with Gasteiger partial charge >= 0.3 is 6.18 Å². The summed E-state index contributed by atoms with van der Waals surface area (Å²) in [7, 11) is -3.18. The van der Waals surface area contributed by atoms with E-state index in [0.717, 1.165) is 12.3 Å². The van der Waals surface area contributed by atoms with Crippen LogP contribution in [0.15, 0.2) is 12.3 Å².